The van der Waals surface area contributed by atoms with Crippen LogP contribution in [0.2, 0.25) is 0 Å². The van der Waals surface area contributed by atoms with Crippen LogP contribution in [-0.2, 0) is 9.59 Å². The van der Waals surface area contributed by atoms with Gasteiger partial charge >= 0.3 is 0 Å². The molecule has 0 bridgehead atoms. The molecule has 0 aromatic carbocycles. The topological polar surface area (TPSA) is 92.7 Å². The highest BCUT2D eigenvalue weighted by Crippen LogP contribution is 2.40. The lowest BCUT2D eigenvalue weighted by Crippen LogP contribution is -2.62. The highest BCUT2D eigenvalue weighted by atomic mass is 16.2. The summed E-state index contributed by atoms with van der Waals surface area (Å²) in [5.41, 5.74) is 11.7. The summed E-state index contributed by atoms with van der Waals surface area (Å²) in [4.78, 5) is 27.8. The second-order valence-electron chi connectivity index (χ2n) is 6.82. The molecule has 126 valence electrons. The van der Waals surface area contributed by atoms with Gasteiger partial charge in [0.05, 0.1) is 6.04 Å². The zero-order valence-electron chi connectivity index (χ0n) is 13.7. The molecule has 0 aromatic rings. The molecule has 2 aliphatic rings. The summed E-state index contributed by atoms with van der Waals surface area (Å²) in [6, 6.07) is -0.389. The highest BCUT2D eigenvalue weighted by molar-refractivity contribution is 5.81. The number of piperidine rings is 1. The zero-order chi connectivity index (χ0) is 16.2. The van der Waals surface area contributed by atoms with Gasteiger partial charge in [0.1, 0.15) is 0 Å². The summed E-state index contributed by atoms with van der Waals surface area (Å²) in [7, 11) is 0. The first-order valence-corrected chi connectivity index (χ1v) is 8.53. The van der Waals surface area contributed by atoms with Crippen molar-refractivity contribution in [3.05, 3.63) is 0 Å². The van der Waals surface area contributed by atoms with Crippen molar-refractivity contribution in [2.45, 2.75) is 51.5 Å². The van der Waals surface area contributed by atoms with Crippen molar-refractivity contribution >= 4 is 11.8 Å². The Balaban J connectivity index is 1.73. The third kappa shape index (κ3) is 3.79. The van der Waals surface area contributed by atoms with Crippen LogP contribution in [0.5, 0.6) is 0 Å². The van der Waals surface area contributed by atoms with Crippen LogP contribution in [0.15, 0.2) is 0 Å². The molecule has 0 unspecified atom stereocenters. The Morgan fingerprint density at radius 3 is 2.32 bits per heavy atom. The van der Waals surface area contributed by atoms with Gasteiger partial charge in [-0.2, -0.15) is 0 Å². The maximum atomic E-state index is 12.3. The largest absolute Gasteiger partial charge is 0.341 e. The van der Waals surface area contributed by atoms with E-state index in [1.165, 1.54) is 0 Å². The highest BCUT2D eigenvalue weighted by Gasteiger charge is 2.46. The van der Waals surface area contributed by atoms with Crippen LogP contribution in [0.3, 0.4) is 0 Å². The molecule has 6 heteroatoms. The Bertz CT molecular complexity index is 397. The molecule has 2 rings (SSSR count). The first-order valence-electron chi connectivity index (χ1n) is 8.53. The van der Waals surface area contributed by atoms with Gasteiger partial charge < -0.3 is 21.3 Å². The van der Waals surface area contributed by atoms with Gasteiger partial charge in [-0.3, -0.25) is 9.59 Å². The van der Waals surface area contributed by atoms with E-state index in [1.54, 1.807) is 0 Å². The van der Waals surface area contributed by atoms with Gasteiger partial charge in [-0.05, 0) is 32.2 Å². The molecule has 2 amide bonds. The van der Waals surface area contributed by atoms with E-state index in [0.717, 1.165) is 58.3 Å². The normalized spacial score (nSPS) is 21.6. The number of amides is 2. The molecule has 1 spiro atoms. The quantitative estimate of drug-likeness (QED) is 0.690. The summed E-state index contributed by atoms with van der Waals surface area (Å²) in [6.07, 6.45) is 5.11. The third-order valence-corrected chi connectivity index (χ3v) is 5.13. The molecule has 2 aliphatic heterocycles. The van der Waals surface area contributed by atoms with Crippen molar-refractivity contribution in [2.24, 2.45) is 16.9 Å². The Kier molecular flexibility index (Phi) is 5.81. The fourth-order valence-electron chi connectivity index (χ4n) is 3.55. The van der Waals surface area contributed by atoms with E-state index in [0.29, 0.717) is 13.0 Å². The molecule has 0 saturated carbocycles. The summed E-state index contributed by atoms with van der Waals surface area (Å²) < 4.78 is 0. The van der Waals surface area contributed by atoms with Crippen LogP contribution in [0.4, 0.5) is 0 Å². The standard InChI is InChI=1S/C16H30N4O2/c1-2-14(21)20-11-16(12-20)6-9-19(10-7-16)15(22)13(18)5-3-4-8-17/h13H,2-12,17-18H2,1H3/t13-/m1/s1. The lowest BCUT2D eigenvalue weighted by Gasteiger charge is -2.54. The van der Waals surface area contributed by atoms with Crippen molar-refractivity contribution in [2.75, 3.05) is 32.7 Å². The van der Waals surface area contributed by atoms with E-state index in [2.05, 4.69) is 0 Å². The average Bonchev–Trinajstić information content (AvgIpc) is 2.51. The minimum absolute atomic E-state index is 0.0766. The minimum atomic E-state index is -0.389. The van der Waals surface area contributed by atoms with Gasteiger partial charge in [0, 0.05) is 38.0 Å². The van der Waals surface area contributed by atoms with Crippen LogP contribution >= 0.6 is 0 Å². The molecule has 2 fully saturated rings. The number of hydrogen-bond donors (Lipinski definition) is 2. The third-order valence-electron chi connectivity index (χ3n) is 5.13. The van der Waals surface area contributed by atoms with Crippen molar-refractivity contribution in [1.82, 2.24) is 9.80 Å². The Hall–Kier alpha value is -1.14. The van der Waals surface area contributed by atoms with Gasteiger partial charge in [0.2, 0.25) is 11.8 Å². The number of carbonyl (C=O) groups excluding carboxylic acids is 2. The Morgan fingerprint density at radius 1 is 1.14 bits per heavy atom. The van der Waals surface area contributed by atoms with E-state index < -0.39 is 0 Å². The van der Waals surface area contributed by atoms with E-state index in [9.17, 15) is 9.59 Å². The van der Waals surface area contributed by atoms with Crippen molar-refractivity contribution < 1.29 is 9.59 Å². The van der Waals surface area contributed by atoms with Gasteiger partial charge in [0.25, 0.3) is 0 Å². The number of unbranched alkanes of at least 4 members (excludes halogenated alkanes) is 1. The molecule has 1 atom stereocenters. The smallest absolute Gasteiger partial charge is 0.239 e. The van der Waals surface area contributed by atoms with Gasteiger partial charge in [-0.25, -0.2) is 0 Å². The van der Waals surface area contributed by atoms with Gasteiger partial charge in [-0.15, -0.1) is 0 Å². The molecule has 0 aromatic heterocycles. The van der Waals surface area contributed by atoms with Crippen LogP contribution in [0.25, 0.3) is 0 Å². The van der Waals surface area contributed by atoms with Crippen molar-refractivity contribution in [3.63, 3.8) is 0 Å². The molecule has 2 heterocycles. The lowest BCUT2D eigenvalue weighted by atomic mass is 9.72. The number of nitrogens with two attached hydrogens (primary N) is 2. The number of hydrogen-bond acceptors (Lipinski definition) is 4. The zero-order valence-corrected chi connectivity index (χ0v) is 13.7. The molecule has 22 heavy (non-hydrogen) atoms. The fourth-order valence-corrected chi connectivity index (χ4v) is 3.55. The van der Waals surface area contributed by atoms with Crippen LogP contribution in [-0.4, -0.2) is 60.4 Å². The van der Waals surface area contributed by atoms with E-state index in [1.807, 2.05) is 16.7 Å². The molecular formula is C16H30N4O2. The number of carbonyl (C=O) groups is 2. The number of nitrogens with zero attached hydrogens (tertiary/aromatic N) is 2. The van der Waals surface area contributed by atoms with E-state index in [-0.39, 0.29) is 23.3 Å². The second-order valence-corrected chi connectivity index (χ2v) is 6.82. The first kappa shape index (κ1) is 17.2. The summed E-state index contributed by atoms with van der Waals surface area (Å²) >= 11 is 0. The molecule has 2 saturated heterocycles. The summed E-state index contributed by atoms with van der Waals surface area (Å²) in [5.74, 6) is 0.318. The molecule has 0 aliphatic carbocycles. The van der Waals surface area contributed by atoms with Crippen LogP contribution in [0.1, 0.15) is 45.4 Å². The van der Waals surface area contributed by atoms with Crippen LogP contribution < -0.4 is 11.5 Å². The molecule has 4 N–H and O–H groups in total. The predicted octanol–water partition coefficient (Wildman–Crippen LogP) is 0.304. The Labute approximate surface area is 133 Å². The predicted molar refractivity (Wildman–Crippen MR) is 86.0 cm³/mol. The minimum Gasteiger partial charge on any atom is -0.341 e. The van der Waals surface area contributed by atoms with E-state index >= 15 is 0 Å². The monoisotopic (exact) mass is 310 g/mol. The van der Waals surface area contributed by atoms with Gasteiger partial charge in [-0.1, -0.05) is 13.3 Å². The molecule has 0 radical (unpaired) electrons. The maximum Gasteiger partial charge on any atom is 0.239 e. The SMILES string of the molecule is CCC(=O)N1CC2(CCN(C(=O)[C@H](N)CCCCN)CC2)C1. The van der Waals surface area contributed by atoms with Crippen LogP contribution in [0, 0.1) is 5.41 Å². The first-order chi connectivity index (χ1) is 10.5. The maximum absolute atomic E-state index is 12.3. The molecule has 6 nitrogen and oxygen atoms in total. The summed E-state index contributed by atoms with van der Waals surface area (Å²) in [5, 5.41) is 0. The fraction of sp³-hybridized carbons (Fsp3) is 0.875. The number of rotatable bonds is 6. The lowest BCUT2D eigenvalue weighted by molar-refractivity contribution is -0.150. The van der Waals surface area contributed by atoms with E-state index in [4.69, 9.17) is 11.5 Å². The van der Waals surface area contributed by atoms with Crippen molar-refractivity contribution in [3.8, 4) is 0 Å². The average molecular weight is 310 g/mol. The van der Waals surface area contributed by atoms with Gasteiger partial charge in [0.15, 0.2) is 0 Å². The Morgan fingerprint density at radius 2 is 1.77 bits per heavy atom. The molecular weight excluding hydrogens is 280 g/mol. The second kappa shape index (κ2) is 7.42. The summed E-state index contributed by atoms with van der Waals surface area (Å²) in [6.45, 7) is 5.84. The van der Waals surface area contributed by atoms with Crippen molar-refractivity contribution in [1.29, 1.82) is 0 Å². The number of likely N-dealkylation sites (tertiary alicyclic amines) is 2.